The number of carbonyl (C=O) groups is 2. The summed E-state index contributed by atoms with van der Waals surface area (Å²) in [4.78, 5) is 30.3. The van der Waals surface area contributed by atoms with Crippen molar-refractivity contribution in [2.75, 3.05) is 13.6 Å². The van der Waals surface area contributed by atoms with Crippen LogP contribution in [0.4, 0.5) is 0 Å². The standard InChI is InChI=1S/C23H19N5O2/c1-23(9-11-27(2)22(23)30)8-6-15-4-3-5-17(12-15)19-18-13-16(14-24)7-10-28(18)21(26-19)20(25)29/h3-5,7,10,12-13H,9,11H2,1-2H3,(H2,25,29)/t23-/m1/s1. The molecule has 1 aromatic carbocycles. The van der Waals surface area contributed by atoms with Crippen LogP contribution in [0, 0.1) is 28.6 Å². The number of nitriles is 1. The summed E-state index contributed by atoms with van der Waals surface area (Å²) < 4.78 is 1.57. The molecule has 3 aromatic rings. The van der Waals surface area contributed by atoms with E-state index in [1.165, 1.54) is 0 Å². The molecule has 0 saturated carbocycles. The van der Waals surface area contributed by atoms with Crippen LogP contribution in [0.2, 0.25) is 0 Å². The largest absolute Gasteiger partial charge is 0.363 e. The van der Waals surface area contributed by atoms with E-state index in [9.17, 15) is 14.9 Å². The molecule has 1 saturated heterocycles. The third kappa shape index (κ3) is 3.17. The number of imidazole rings is 1. The zero-order valence-corrected chi connectivity index (χ0v) is 16.6. The quantitative estimate of drug-likeness (QED) is 0.669. The van der Waals surface area contributed by atoms with Gasteiger partial charge in [-0.1, -0.05) is 24.0 Å². The topological polar surface area (TPSA) is 104 Å². The summed E-state index contributed by atoms with van der Waals surface area (Å²) >= 11 is 0. The molecule has 2 aromatic heterocycles. The Balaban J connectivity index is 1.80. The Morgan fingerprint density at radius 1 is 1.27 bits per heavy atom. The van der Waals surface area contributed by atoms with E-state index in [0.29, 0.717) is 29.7 Å². The van der Waals surface area contributed by atoms with Crippen molar-refractivity contribution in [2.45, 2.75) is 13.3 Å². The first-order valence-electron chi connectivity index (χ1n) is 9.43. The van der Waals surface area contributed by atoms with Crippen molar-refractivity contribution >= 4 is 17.3 Å². The summed E-state index contributed by atoms with van der Waals surface area (Å²) in [5.74, 6) is 5.70. The fraction of sp³-hybridized carbons (Fsp3) is 0.217. The Kier molecular flexibility index (Phi) is 4.52. The number of nitrogens with two attached hydrogens (primary N) is 1. The van der Waals surface area contributed by atoms with Gasteiger partial charge in [-0.15, -0.1) is 0 Å². The molecule has 7 heteroatoms. The highest BCUT2D eigenvalue weighted by Crippen LogP contribution is 2.30. The molecule has 2 N–H and O–H groups in total. The predicted molar refractivity (Wildman–Crippen MR) is 111 cm³/mol. The summed E-state index contributed by atoms with van der Waals surface area (Å²) in [7, 11) is 1.78. The van der Waals surface area contributed by atoms with E-state index in [1.807, 2.05) is 31.2 Å². The highest BCUT2D eigenvalue weighted by Gasteiger charge is 2.39. The van der Waals surface area contributed by atoms with Crippen LogP contribution in [-0.4, -0.2) is 39.7 Å². The third-order valence-electron chi connectivity index (χ3n) is 5.38. The number of benzene rings is 1. The summed E-state index contributed by atoms with van der Waals surface area (Å²) in [6.07, 6.45) is 2.30. The minimum absolute atomic E-state index is 0.0291. The lowest BCUT2D eigenvalue weighted by Gasteiger charge is -2.14. The number of aromatic nitrogens is 2. The van der Waals surface area contributed by atoms with Crippen molar-refractivity contribution in [1.82, 2.24) is 14.3 Å². The number of rotatable bonds is 2. The molecule has 7 nitrogen and oxygen atoms in total. The smallest absolute Gasteiger partial charge is 0.285 e. The molecule has 0 bridgehead atoms. The van der Waals surface area contributed by atoms with Crippen LogP contribution in [0.25, 0.3) is 16.8 Å². The molecule has 0 radical (unpaired) electrons. The maximum atomic E-state index is 12.4. The molecule has 2 amide bonds. The fourth-order valence-electron chi connectivity index (χ4n) is 3.63. The minimum Gasteiger partial charge on any atom is -0.363 e. The van der Waals surface area contributed by atoms with Gasteiger partial charge in [0.15, 0.2) is 0 Å². The van der Waals surface area contributed by atoms with Crippen molar-refractivity contribution in [3.8, 4) is 29.2 Å². The number of likely N-dealkylation sites (tertiary alicyclic amines) is 1. The molecule has 1 aliphatic rings. The third-order valence-corrected chi connectivity index (χ3v) is 5.38. The number of primary amides is 1. The summed E-state index contributed by atoms with van der Waals surface area (Å²) in [6.45, 7) is 2.56. The van der Waals surface area contributed by atoms with E-state index in [-0.39, 0.29) is 11.7 Å². The summed E-state index contributed by atoms with van der Waals surface area (Å²) in [6, 6.07) is 12.8. The number of amides is 2. The molecule has 4 rings (SSSR count). The number of hydrogen-bond acceptors (Lipinski definition) is 4. The molecule has 1 atom stereocenters. The second-order valence-corrected chi connectivity index (χ2v) is 7.57. The van der Waals surface area contributed by atoms with E-state index < -0.39 is 11.3 Å². The van der Waals surface area contributed by atoms with Crippen molar-refractivity contribution in [2.24, 2.45) is 11.1 Å². The zero-order valence-electron chi connectivity index (χ0n) is 16.6. The number of fused-ring (bicyclic) bond motifs is 1. The van der Waals surface area contributed by atoms with Gasteiger partial charge in [0, 0.05) is 30.9 Å². The van der Waals surface area contributed by atoms with Crippen molar-refractivity contribution in [3.05, 3.63) is 59.5 Å². The van der Waals surface area contributed by atoms with Crippen LogP contribution in [0.5, 0.6) is 0 Å². The maximum Gasteiger partial charge on any atom is 0.285 e. The van der Waals surface area contributed by atoms with E-state index in [1.54, 1.807) is 34.7 Å². The second kappa shape index (κ2) is 7.06. The highest BCUT2D eigenvalue weighted by molar-refractivity contribution is 5.93. The first-order valence-corrected chi connectivity index (χ1v) is 9.43. The SMILES string of the molecule is CN1CC[C@@](C)(C#Cc2cccc(-c3nc(C(N)=O)n4ccc(C#N)cc34)c2)C1=O. The van der Waals surface area contributed by atoms with Gasteiger partial charge in [-0.2, -0.15) is 5.26 Å². The molecule has 0 spiro atoms. The van der Waals surface area contributed by atoms with Gasteiger partial charge < -0.3 is 10.6 Å². The molecule has 148 valence electrons. The zero-order chi connectivity index (χ0) is 21.5. The van der Waals surface area contributed by atoms with Crippen LogP contribution in [-0.2, 0) is 4.79 Å². The van der Waals surface area contributed by atoms with E-state index in [2.05, 4.69) is 22.9 Å². The lowest BCUT2D eigenvalue weighted by Crippen LogP contribution is -2.28. The Morgan fingerprint density at radius 3 is 2.73 bits per heavy atom. The summed E-state index contributed by atoms with van der Waals surface area (Å²) in [5.41, 5.74) is 7.85. The van der Waals surface area contributed by atoms with Crippen LogP contribution < -0.4 is 5.73 Å². The number of carbonyl (C=O) groups excluding carboxylic acids is 2. The average molecular weight is 397 g/mol. The van der Waals surface area contributed by atoms with Gasteiger partial charge in [-0.3, -0.25) is 14.0 Å². The lowest BCUT2D eigenvalue weighted by atomic mass is 9.89. The van der Waals surface area contributed by atoms with Crippen LogP contribution in [0.1, 0.15) is 35.1 Å². The second-order valence-electron chi connectivity index (χ2n) is 7.57. The molecular weight excluding hydrogens is 378 g/mol. The Morgan fingerprint density at radius 2 is 2.07 bits per heavy atom. The van der Waals surface area contributed by atoms with Gasteiger partial charge in [0.05, 0.1) is 22.8 Å². The Bertz CT molecular complexity index is 1300. The molecule has 30 heavy (non-hydrogen) atoms. The fourth-order valence-corrected chi connectivity index (χ4v) is 3.63. The van der Waals surface area contributed by atoms with E-state index in [4.69, 9.17) is 5.73 Å². The summed E-state index contributed by atoms with van der Waals surface area (Å²) in [5, 5.41) is 9.24. The molecule has 0 aliphatic carbocycles. The van der Waals surface area contributed by atoms with Gasteiger partial charge in [0.1, 0.15) is 5.41 Å². The number of pyridine rings is 1. The molecule has 1 fully saturated rings. The van der Waals surface area contributed by atoms with Crippen molar-refractivity contribution < 1.29 is 9.59 Å². The number of hydrogen-bond donors (Lipinski definition) is 1. The Labute approximate surface area is 173 Å². The van der Waals surface area contributed by atoms with Crippen molar-refractivity contribution in [3.63, 3.8) is 0 Å². The van der Waals surface area contributed by atoms with Crippen LogP contribution in [0.3, 0.4) is 0 Å². The van der Waals surface area contributed by atoms with Crippen LogP contribution in [0.15, 0.2) is 42.6 Å². The first kappa shape index (κ1) is 19.2. The highest BCUT2D eigenvalue weighted by atomic mass is 16.2. The van der Waals surface area contributed by atoms with Crippen LogP contribution >= 0.6 is 0 Å². The lowest BCUT2D eigenvalue weighted by molar-refractivity contribution is -0.131. The van der Waals surface area contributed by atoms with Gasteiger partial charge in [-0.25, -0.2) is 4.98 Å². The Hall–Kier alpha value is -4.10. The van der Waals surface area contributed by atoms with Gasteiger partial charge in [0.2, 0.25) is 11.7 Å². The predicted octanol–water partition coefficient (Wildman–Crippen LogP) is 2.19. The monoisotopic (exact) mass is 397 g/mol. The average Bonchev–Trinajstić information content (AvgIpc) is 3.26. The molecule has 3 heterocycles. The molecule has 1 aliphatic heterocycles. The van der Waals surface area contributed by atoms with Gasteiger partial charge >= 0.3 is 0 Å². The van der Waals surface area contributed by atoms with Gasteiger partial charge in [0.25, 0.3) is 5.91 Å². The van der Waals surface area contributed by atoms with Gasteiger partial charge in [-0.05, 0) is 37.6 Å². The minimum atomic E-state index is -0.688. The van der Waals surface area contributed by atoms with E-state index in [0.717, 1.165) is 11.1 Å². The number of nitrogens with zero attached hydrogens (tertiary/aromatic N) is 4. The molecule has 0 unspecified atom stereocenters. The maximum absolute atomic E-state index is 12.4. The normalized spacial score (nSPS) is 18.2. The first-order chi connectivity index (χ1) is 14.3. The molecular formula is C23H19N5O2. The van der Waals surface area contributed by atoms with E-state index >= 15 is 0 Å². The van der Waals surface area contributed by atoms with Crippen molar-refractivity contribution in [1.29, 1.82) is 5.26 Å².